The molecule has 0 spiro atoms. The lowest BCUT2D eigenvalue weighted by atomic mass is 10.2. The Bertz CT molecular complexity index is 344. The minimum Gasteiger partial charge on any atom is -0.493 e. The Morgan fingerprint density at radius 1 is 1.17 bits per heavy atom. The quantitative estimate of drug-likeness (QED) is 0.562. The molecule has 0 saturated carbocycles. The molecule has 0 fully saturated rings. The van der Waals surface area contributed by atoms with Gasteiger partial charge in [-0.2, -0.15) is 0 Å². The predicted octanol–water partition coefficient (Wildman–Crippen LogP) is 0.538. The van der Waals surface area contributed by atoms with E-state index in [1.54, 1.807) is 7.11 Å². The minimum absolute atomic E-state index is 0.0202. The lowest BCUT2D eigenvalue weighted by molar-refractivity contribution is 0.196. The molecule has 3 N–H and O–H groups in total. The molecule has 1 aromatic rings. The summed E-state index contributed by atoms with van der Waals surface area (Å²) >= 11 is 0. The van der Waals surface area contributed by atoms with Crippen LogP contribution in [-0.4, -0.2) is 43.7 Å². The average molecular weight is 255 g/mol. The Morgan fingerprint density at radius 3 is 2.67 bits per heavy atom. The highest BCUT2D eigenvalue weighted by atomic mass is 16.5. The summed E-state index contributed by atoms with van der Waals surface area (Å²) in [6, 6.07) is 5.68. The van der Waals surface area contributed by atoms with Gasteiger partial charge in [0.1, 0.15) is 6.61 Å². The molecule has 0 atom stereocenters. The molecule has 0 aliphatic heterocycles. The largest absolute Gasteiger partial charge is 0.493 e. The van der Waals surface area contributed by atoms with Gasteiger partial charge < -0.3 is 25.0 Å². The Balaban J connectivity index is 2.55. The van der Waals surface area contributed by atoms with Crippen LogP contribution in [-0.2, 0) is 6.54 Å². The van der Waals surface area contributed by atoms with Crippen molar-refractivity contribution in [2.24, 2.45) is 0 Å². The topological polar surface area (TPSA) is 71.0 Å². The fourth-order valence-electron chi connectivity index (χ4n) is 1.53. The molecule has 1 rings (SSSR count). The van der Waals surface area contributed by atoms with Gasteiger partial charge in [-0.15, -0.1) is 0 Å². The Labute approximate surface area is 107 Å². The number of methoxy groups -OCH3 is 1. The Morgan fingerprint density at radius 2 is 2.00 bits per heavy atom. The third kappa shape index (κ3) is 4.91. The molecular formula is C13H21NO4. The fourth-order valence-corrected chi connectivity index (χ4v) is 1.53. The van der Waals surface area contributed by atoms with E-state index in [4.69, 9.17) is 19.7 Å². The first-order valence-electron chi connectivity index (χ1n) is 6.04. The maximum atomic E-state index is 8.72. The molecule has 0 aliphatic rings. The zero-order valence-corrected chi connectivity index (χ0v) is 10.7. The van der Waals surface area contributed by atoms with Gasteiger partial charge in [0.2, 0.25) is 0 Å². The van der Waals surface area contributed by atoms with Crippen LogP contribution in [0.2, 0.25) is 0 Å². The highest BCUT2D eigenvalue weighted by Gasteiger charge is 2.05. The van der Waals surface area contributed by atoms with Crippen LogP contribution in [0.4, 0.5) is 0 Å². The third-order valence-electron chi connectivity index (χ3n) is 2.42. The fraction of sp³-hybridized carbons (Fsp3) is 0.538. The summed E-state index contributed by atoms with van der Waals surface area (Å²) < 4.78 is 10.6. The smallest absolute Gasteiger partial charge is 0.161 e. The second-order valence-corrected chi connectivity index (χ2v) is 3.81. The van der Waals surface area contributed by atoms with Gasteiger partial charge in [-0.05, 0) is 30.7 Å². The van der Waals surface area contributed by atoms with E-state index in [1.165, 1.54) is 0 Å². The van der Waals surface area contributed by atoms with E-state index in [2.05, 4.69) is 5.32 Å². The second-order valence-electron chi connectivity index (χ2n) is 3.81. The number of nitrogens with one attached hydrogen (secondary N) is 1. The summed E-state index contributed by atoms with van der Waals surface area (Å²) in [5.74, 6) is 1.29. The summed E-state index contributed by atoms with van der Waals surface area (Å²) in [5, 5.41) is 20.6. The number of aliphatic hydroxyl groups excluding tert-OH is 2. The number of aliphatic hydroxyl groups is 2. The monoisotopic (exact) mass is 255 g/mol. The summed E-state index contributed by atoms with van der Waals surface area (Å²) in [6.07, 6.45) is 0.745. The van der Waals surface area contributed by atoms with Crippen molar-refractivity contribution in [3.8, 4) is 11.5 Å². The number of hydrogen-bond acceptors (Lipinski definition) is 5. The lowest BCUT2D eigenvalue weighted by Gasteiger charge is -2.11. The van der Waals surface area contributed by atoms with Crippen molar-refractivity contribution < 1.29 is 19.7 Å². The zero-order valence-electron chi connectivity index (χ0n) is 10.7. The van der Waals surface area contributed by atoms with Gasteiger partial charge in [0.05, 0.1) is 13.7 Å². The third-order valence-corrected chi connectivity index (χ3v) is 2.42. The molecule has 0 amide bonds. The molecule has 0 bridgehead atoms. The Kier molecular flexibility index (Phi) is 7.17. The van der Waals surface area contributed by atoms with Crippen molar-refractivity contribution >= 4 is 0 Å². The SMILES string of the molecule is COc1cc(CNCCCO)ccc1OCCO. The van der Waals surface area contributed by atoms with Crippen molar-refractivity contribution in [3.05, 3.63) is 23.8 Å². The van der Waals surface area contributed by atoms with E-state index in [1.807, 2.05) is 18.2 Å². The van der Waals surface area contributed by atoms with Gasteiger partial charge in [0.25, 0.3) is 0 Å². The first-order valence-corrected chi connectivity index (χ1v) is 6.04. The van der Waals surface area contributed by atoms with E-state index in [0.29, 0.717) is 11.5 Å². The maximum absolute atomic E-state index is 8.72. The van der Waals surface area contributed by atoms with Crippen LogP contribution in [0.5, 0.6) is 11.5 Å². The van der Waals surface area contributed by atoms with Gasteiger partial charge in [-0.3, -0.25) is 0 Å². The molecule has 0 heterocycles. The van der Waals surface area contributed by atoms with E-state index in [-0.39, 0.29) is 19.8 Å². The molecule has 5 nitrogen and oxygen atoms in total. The summed E-state index contributed by atoms with van der Waals surface area (Å²) in [4.78, 5) is 0. The molecule has 0 saturated heterocycles. The van der Waals surface area contributed by atoms with Crippen LogP contribution >= 0.6 is 0 Å². The van der Waals surface area contributed by atoms with Crippen molar-refractivity contribution in [1.29, 1.82) is 0 Å². The number of hydrogen-bond donors (Lipinski definition) is 3. The molecule has 102 valence electrons. The predicted molar refractivity (Wildman–Crippen MR) is 69.0 cm³/mol. The number of benzene rings is 1. The number of ether oxygens (including phenoxy) is 2. The van der Waals surface area contributed by atoms with Crippen molar-refractivity contribution in [3.63, 3.8) is 0 Å². The van der Waals surface area contributed by atoms with Crippen LogP contribution < -0.4 is 14.8 Å². The van der Waals surface area contributed by atoms with Gasteiger partial charge in [0.15, 0.2) is 11.5 Å². The Hall–Kier alpha value is -1.30. The van der Waals surface area contributed by atoms with Gasteiger partial charge in [0, 0.05) is 13.2 Å². The van der Waals surface area contributed by atoms with Crippen molar-refractivity contribution in [1.82, 2.24) is 5.32 Å². The van der Waals surface area contributed by atoms with Crippen LogP contribution in [0.25, 0.3) is 0 Å². The van der Waals surface area contributed by atoms with Crippen LogP contribution in [0.1, 0.15) is 12.0 Å². The molecule has 0 aliphatic carbocycles. The van der Waals surface area contributed by atoms with E-state index in [9.17, 15) is 0 Å². The zero-order chi connectivity index (χ0) is 13.2. The lowest BCUT2D eigenvalue weighted by Crippen LogP contribution is -2.15. The first-order chi connectivity index (χ1) is 8.81. The van der Waals surface area contributed by atoms with Gasteiger partial charge >= 0.3 is 0 Å². The minimum atomic E-state index is -0.0202. The highest BCUT2D eigenvalue weighted by molar-refractivity contribution is 5.42. The molecule has 5 heteroatoms. The maximum Gasteiger partial charge on any atom is 0.161 e. The summed E-state index contributed by atoms with van der Waals surface area (Å²) in [5.41, 5.74) is 1.08. The normalized spacial score (nSPS) is 10.4. The molecule has 0 aromatic heterocycles. The highest BCUT2D eigenvalue weighted by Crippen LogP contribution is 2.27. The number of rotatable bonds is 9. The van der Waals surface area contributed by atoms with Crippen molar-refractivity contribution in [2.45, 2.75) is 13.0 Å². The van der Waals surface area contributed by atoms with E-state index < -0.39 is 0 Å². The van der Waals surface area contributed by atoms with Crippen LogP contribution in [0.15, 0.2) is 18.2 Å². The molecule has 1 aromatic carbocycles. The standard InChI is InChI=1S/C13H21NO4/c1-17-13-9-11(10-14-5-2-6-15)3-4-12(13)18-8-7-16/h3-4,9,14-16H,2,5-8,10H2,1H3. The van der Waals surface area contributed by atoms with E-state index >= 15 is 0 Å². The van der Waals surface area contributed by atoms with Crippen LogP contribution in [0, 0.1) is 0 Å². The summed E-state index contributed by atoms with van der Waals surface area (Å²) in [6.45, 7) is 1.93. The summed E-state index contributed by atoms with van der Waals surface area (Å²) in [7, 11) is 1.59. The van der Waals surface area contributed by atoms with Gasteiger partial charge in [-0.1, -0.05) is 6.07 Å². The first kappa shape index (κ1) is 14.8. The average Bonchev–Trinajstić information content (AvgIpc) is 2.41. The second kappa shape index (κ2) is 8.74. The molecule has 0 unspecified atom stereocenters. The van der Waals surface area contributed by atoms with Gasteiger partial charge in [-0.25, -0.2) is 0 Å². The van der Waals surface area contributed by atoms with E-state index in [0.717, 1.165) is 25.1 Å². The molecule has 0 radical (unpaired) electrons. The molecular weight excluding hydrogens is 234 g/mol. The van der Waals surface area contributed by atoms with Crippen molar-refractivity contribution in [2.75, 3.05) is 33.5 Å². The van der Waals surface area contributed by atoms with Crippen LogP contribution in [0.3, 0.4) is 0 Å². The molecule has 18 heavy (non-hydrogen) atoms.